The Morgan fingerprint density at radius 3 is 2.60 bits per heavy atom. The van der Waals surface area contributed by atoms with E-state index in [4.69, 9.17) is 16.9 Å². The number of nitrogens with zero attached hydrogens (tertiary/aromatic N) is 2. The van der Waals surface area contributed by atoms with E-state index < -0.39 is 10.3 Å². The van der Waals surface area contributed by atoms with Gasteiger partial charge in [-0.25, -0.2) is 0 Å². The Morgan fingerprint density at radius 1 is 1.53 bits per heavy atom. The number of nitro benzene ring substituents is 1. The Balaban J connectivity index is 3.45. The van der Waals surface area contributed by atoms with Crippen molar-refractivity contribution in [3.8, 4) is 6.07 Å². The van der Waals surface area contributed by atoms with Gasteiger partial charge in [-0.1, -0.05) is 11.6 Å². The number of halogens is 1. The molecule has 0 aliphatic rings. The van der Waals surface area contributed by atoms with E-state index in [1.165, 1.54) is 18.2 Å². The van der Waals surface area contributed by atoms with Crippen LogP contribution in [0, 0.1) is 21.4 Å². The first kappa shape index (κ1) is 11.5. The Morgan fingerprint density at radius 2 is 2.13 bits per heavy atom. The molecule has 0 amide bonds. The fourth-order valence-electron chi connectivity index (χ4n) is 1.23. The number of nitro groups is 1. The molecule has 0 spiro atoms. The summed E-state index contributed by atoms with van der Waals surface area (Å²) in [6, 6.07) is 6.24. The lowest BCUT2D eigenvalue weighted by molar-refractivity contribution is -0.385. The fourth-order valence-corrected chi connectivity index (χ4v) is 1.40. The SMILES string of the molecule is CC(C)(C#N)c1cc(Cl)ccc1[N+](=O)[O-]. The van der Waals surface area contributed by atoms with Gasteiger partial charge in [-0.3, -0.25) is 10.1 Å². The third-order valence-corrected chi connectivity index (χ3v) is 2.34. The minimum Gasteiger partial charge on any atom is -0.258 e. The summed E-state index contributed by atoms with van der Waals surface area (Å²) < 4.78 is 0. The van der Waals surface area contributed by atoms with Crippen LogP contribution in [0.2, 0.25) is 5.02 Å². The predicted molar refractivity (Wildman–Crippen MR) is 56.7 cm³/mol. The molecular formula is C10H9ClN2O2. The molecule has 0 saturated heterocycles. The van der Waals surface area contributed by atoms with Crippen molar-refractivity contribution in [1.29, 1.82) is 5.26 Å². The molecule has 0 radical (unpaired) electrons. The molecule has 1 aromatic rings. The zero-order valence-electron chi connectivity index (χ0n) is 8.32. The van der Waals surface area contributed by atoms with E-state index in [1.54, 1.807) is 13.8 Å². The average Bonchev–Trinajstić information content (AvgIpc) is 2.17. The van der Waals surface area contributed by atoms with Crippen LogP contribution in [-0.2, 0) is 5.41 Å². The van der Waals surface area contributed by atoms with Crippen molar-refractivity contribution in [2.24, 2.45) is 0 Å². The van der Waals surface area contributed by atoms with Crippen LogP contribution in [0.4, 0.5) is 5.69 Å². The summed E-state index contributed by atoms with van der Waals surface area (Å²) in [7, 11) is 0. The summed E-state index contributed by atoms with van der Waals surface area (Å²) in [4.78, 5) is 10.2. The number of hydrogen-bond acceptors (Lipinski definition) is 3. The lowest BCUT2D eigenvalue weighted by atomic mass is 9.85. The van der Waals surface area contributed by atoms with E-state index in [2.05, 4.69) is 0 Å². The quantitative estimate of drug-likeness (QED) is 0.573. The monoisotopic (exact) mass is 224 g/mol. The maximum atomic E-state index is 10.7. The van der Waals surface area contributed by atoms with Crippen molar-refractivity contribution in [3.05, 3.63) is 38.9 Å². The van der Waals surface area contributed by atoms with E-state index in [-0.39, 0.29) is 5.69 Å². The molecule has 0 saturated carbocycles. The average molecular weight is 225 g/mol. The molecule has 0 unspecified atom stereocenters. The highest BCUT2D eigenvalue weighted by Crippen LogP contribution is 2.32. The molecule has 0 heterocycles. The van der Waals surface area contributed by atoms with Crippen LogP contribution in [0.15, 0.2) is 18.2 Å². The highest BCUT2D eigenvalue weighted by molar-refractivity contribution is 6.30. The molecule has 78 valence electrons. The zero-order chi connectivity index (χ0) is 11.6. The van der Waals surface area contributed by atoms with Gasteiger partial charge in [0, 0.05) is 11.1 Å². The topological polar surface area (TPSA) is 66.9 Å². The molecule has 5 heteroatoms. The molecule has 15 heavy (non-hydrogen) atoms. The third kappa shape index (κ3) is 2.25. The summed E-state index contributed by atoms with van der Waals surface area (Å²) in [5.74, 6) is 0. The van der Waals surface area contributed by atoms with E-state index >= 15 is 0 Å². The molecular weight excluding hydrogens is 216 g/mol. The first-order valence-corrected chi connectivity index (χ1v) is 4.62. The van der Waals surface area contributed by atoms with Crippen molar-refractivity contribution in [2.75, 3.05) is 0 Å². The highest BCUT2D eigenvalue weighted by Gasteiger charge is 2.28. The number of hydrogen-bond donors (Lipinski definition) is 0. The largest absolute Gasteiger partial charge is 0.274 e. The molecule has 0 fully saturated rings. The number of benzene rings is 1. The van der Waals surface area contributed by atoms with Crippen LogP contribution in [-0.4, -0.2) is 4.92 Å². The smallest absolute Gasteiger partial charge is 0.258 e. The van der Waals surface area contributed by atoms with Crippen LogP contribution >= 0.6 is 11.6 Å². The summed E-state index contributed by atoms with van der Waals surface area (Å²) in [5, 5.41) is 20.1. The molecule has 0 aromatic heterocycles. The minimum absolute atomic E-state index is 0.0778. The van der Waals surface area contributed by atoms with Crippen LogP contribution in [0.5, 0.6) is 0 Å². The van der Waals surface area contributed by atoms with E-state index in [0.717, 1.165) is 0 Å². The lowest BCUT2D eigenvalue weighted by Gasteiger charge is -2.15. The second kappa shape index (κ2) is 3.87. The Kier molecular flexibility index (Phi) is 2.96. The predicted octanol–water partition coefficient (Wildman–Crippen LogP) is 3.05. The van der Waals surface area contributed by atoms with Gasteiger partial charge in [0.2, 0.25) is 0 Å². The van der Waals surface area contributed by atoms with E-state index in [0.29, 0.717) is 10.6 Å². The normalized spacial score (nSPS) is 10.8. The molecule has 0 bridgehead atoms. The second-order valence-electron chi connectivity index (χ2n) is 3.66. The van der Waals surface area contributed by atoms with Gasteiger partial charge in [0.25, 0.3) is 5.69 Å². The first-order chi connectivity index (χ1) is 6.88. The van der Waals surface area contributed by atoms with Crippen molar-refractivity contribution >= 4 is 17.3 Å². The molecule has 4 nitrogen and oxygen atoms in total. The maximum Gasteiger partial charge on any atom is 0.274 e. The second-order valence-corrected chi connectivity index (χ2v) is 4.09. The Hall–Kier alpha value is -1.60. The summed E-state index contributed by atoms with van der Waals surface area (Å²) >= 11 is 5.75. The van der Waals surface area contributed by atoms with Gasteiger partial charge >= 0.3 is 0 Å². The zero-order valence-corrected chi connectivity index (χ0v) is 9.08. The van der Waals surface area contributed by atoms with E-state index in [9.17, 15) is 10.1 Å². The lowest BCUT2D eigenvalue weighted by Crippen LogP contribution is -2.16. The van der Waals surface area contributed by atoms with Crippen LogP contribution in [0.3, 0.4) is 0 Å². The van der Waals surface area contributed by atoms with Crippen LogP contribution < -0.4 is 0 Å². The summed E-state index contributed by atoms with van der Waals surface area (Å²) in [5.41, 5.74) is -0.665. The molecule has 1 aromatic carbocycles. The molecule has 0 atom stereocenters. The maximum absolute atomic E-state index is 10.7. The standard InChI is InChI=1S/C10H9ClN2O2/c1-10(2,6-12)8-5-7(11)3-4-9(8)13(14)15/h3-5H,1-2H3. The Labute approximate surface area is 92.2 Å². The van der Waals surface area contributed by atoms with Crippen molar-refractivity contribution in [3.63, 3.8) is 0 Å². The fraction of sp³-hybridized carbons (Fsp3) is 0.300. The number of rotatable bonds is 2. The Bertz CT molecular complexity index is 449. The van der Waals surface area contributed by atoms with E-state index in [1.807, 2.05) is 6.07 Å². The molecule has 0 N–H and O–H groups in total. The minimum atomic E-state index is -0.923. The van der Waals surface area contributed by atoms with Crippen LogP contribution in [0.25, 0.3) is 0 Å². The van der Waals surface area contributed by atoms with Gasteiger partial charge in [0.1, 0.15) is 0 Å². The van der Waals surface area contributed by atoms with Crippen molar-refractivity contribution in [2.45, 2.75) is 19.3 Å². The summed E-state index contributed by atoms with van der Waals surface area (Å²) in [6.45, 7) is 3.23. The van der Waals surface area contributed by atoms with Gasteiger partial charge in [0.05, 0.1) is 22.0 Å². The molecule has 0 aliphatic heterocycles. The van der Waals surface area contributed by atoms with Gasteiger partial charge in [-0.05, 0) is 26.0 Å². The van der Waals surface area contributed by atoms with Gasteiger partial charge in [-0.15, -0.1) is 0 Å². The van der Waals surface area contributed by atoms with Crippen molar-refractivity contribution in [1.82, 2.24) is 0 Å². The van der Waals surface area contributed by atoms with Crippen molar-refractivity contribution < 1.29 is 4.92 Å². The number of nitriles is 1. The highest BCUT2D eigenvalue weighted by atomic mass is 35.5. The van der Waals surface area contributed by atoms with Gasteiger partial charge in [-0.2, -0.15) is 5.26 Å². The molecule has 0 aliphatic carbocycles. The van der Waals surface area contributed by atoms with Gasteiger partial charge < -0.3 is 0 Å². The van der Waals surface area contributed by atoms with Gasteiger partial charge in [0.15, 0.2) is 0 Å². The first-order valence-electron chi connectivity index (χ1n) is 4.24. The third-order valence-electron chi connectivity index (χ3n) is 2.11. The summed E-state index contributed by atoms with van der Waals surface area (Å²) in [6.07, 6.45) is 0. The van der Waals surface area contributed by atoms with Crippen LogP contribution in [0.1, 0.15) is 19.4 Å². The molecule has 1 rings (SSSR count).